The van der Waals surface area contributed by atoms with Gasteiger partial charge in [0.1, 0.15) is 6.17 Å². The summed E-state index contributed by atoms with van der Waals surface area (Å²) in [6.45, 7) is 3.02. The van der Waals surface area contributed by atoms with Gasteiger partial charge >= 0.3 is 11.9 Å². The van der Waals surface area contributed by atoms with E-state index in [1.807, 2.05) is 0 Å². The first-order valence-corrected chi connectivity index (χ1v) is 12.3. The molecule has 0 saturated heterocycles. The van der Waals surface area contributed by atoms with Crippen LogP contribution in [0.4, 0.5) is 13.2 Å². The maximum absolute atomic E-state index is 17.2. The predicted octanol–water partition coefficient (Wildman–Crippen LogP) is 4.11. The second-order valence-corrected chi connectivity index (χ2v) is 11.6. The van der Waals surface area contributed by atoms with Crippen molar-refractivity contribution >= 4 is 40.9 Å². The number of hydrogen-bond acceptors (Lipinski definition) is 6. The fourth-order valence-electron chi connectivity index (χ4n) is 7.58. The van der Waals surface area contributed by atoms with Gasteiger partial charge in [-0.1, -0.05) is 43.1 Å². The van der Waals surface area contributed by atoms with Crippen molar-refractivity contribution in [3.05, 3.63) is 23.8 Å². The highest BCUT2D eigenvalue weighted by Gasteiger charge is 2.78. The summed E-state index contributed by atoms with van der Waals surface area (Å²) >= 11 is 11.3. The summed E-state index contributed by atoms with van der Waals surface area (Å²) < 4.78 is 56.1. The third kappa shape index (κ3) is 3.29. The van der Waals surface area contributed by atoms with Gasteiger partial charge in [-0.05, 0) is 49.8 Å². The second kappa shape index (κ2) is 8.48. The Morgan fingerprint density at radius 3 is 2.51 bits per heavy atom. The zero-order chi connectivity index (χ0) is 26.1. The van der Waals surface area contributed by atoms with Gasteiger partial charge in [-0.25, -0.2) is 22.8 Å². The highest BCUT2D eigenvalue weighted by atomic mass is 35.5. The Kier molecular flexibility index (Phi) is 6.42. The third-order valence-electron chi connectivity index (χ3n) is 9.10. The molecular weight excluding hydrogens is 512 g/mol. The number of hydrogen-bond donors (Lipinski definition) is 1. The van der Waals surface area contributed by atoms with Crippen LogP contribution < -0.4 is 0 Å². The number of ether oxygens (including phenoxy) is 2. The smallest absolute Gasteiger partial charge is 0.353 e. The molecule has 1 N–H and O–H groups in total. The molecule has 35 heavy (non-hydrogen) atoms. The molecule has 0 aromatic carbocycles. The average molecular weight is 539 g/mol. The number of halogens is 5. The molecule has 194 valence electrons. The molecule has 0 aliphatic heterocycles. The van der Waals surface area contributed by atoms with Crippen LogP contribution in [0.3, 0.4) is 0 Å². The summed E-state index contributed by atoms with van der Waals surface area (Å²) in [5.41, 5.74) is -7.67. The van der Waals surface area contributed by atoms with E-state index in [0.717, 1.165) is 12.2 Å². The Labute approximate surface area is 210 Å². The Balaban J connectivity index is 1.87. The van der Waals surface area contributed by atoms with Crippen LogP contribution in [0.1, 0.15) is 40.0 Å². The topological polar surface area (TPSA) is 89.9 Å². The number of allylic oxidation sites excluding steroid dienone is 4. The van der Waals surface area contributed by atoms with E-state index in [-0.39, 0.29) is 24.8 Å². The molecule has 0 radical (unpaired) electrons. The van der Waals surface area contributed by atoms with E-state index in [4.69, 9.17) is 27.9 Å². The summed E-state index contributed by atoms with van der Waals surface area (Å²) in [7, 11) is 0. The molecule has 4 aliphatic rings. The van der Waals surface area contributed by atoms with Gasteiger partial charge in [-0.15, -0.1) is 0 Å². The lowest BCUT2D eigenvalue weighted by Crippen LogP contribution is -2.71. The molecule has 4 aliphatic carbocycles. The van der Waals surface area contributed by atoms with E-state index in [2.05, 4.69) is 4.74 Å². The highest BCUT2D eigenvalue weighted by Crippen LogP contribution is 2.71. The number of carbonyl (C=O) groups excluding carboxylic acids is 3. The second-order valence-electron chi connectivity index (χ2n) is 10.5. The molecule has 3 saturated carbocycles. The molecule has 11 heteroatoms. The van der Waals surface area contributed by atoms with Crippen LogP contribution in [0, 0.1) is 28.6 Å². The summed E-state index contributed by atoms with van der Waals surface area (Å²) in [4.78, 5) is 36.0. The summed E-state index contributed by atoms with van der Waals surface area (Å²) in [6, 6.07) is 0. The minimum Gasteiger partial charge on any atom is -0.444 e. The van der Waals surface area contributed by atoms with Gasteiger partial charge in [-0.3, -0.25) is 4.79 Å². The first-order valence-electron chi connectivity index (χ1n) is 11.4. The molecule has 0 spiro atoms. The number of esters is 2. The standard InChI is InChI=1S/C24H27Cl2F3O6/c1-11-6-13-14-8-16(28)15-7-12(30)4-5-21(15,2)23(14,29)17(31)9-22(13,3)24(11,20(33)34-10-27)35-19(32)18(25)26/h4-5,7,11,13-14,16-18,31H,6,8-10H2,1-3H3/t11-,13+,14+,16+,17?,21+,22+,23+,24-/m1/s1. The SMILES string of the molecule is C[C@@H]1C[C@H]2[C@@H]3C[C@H](F)C4=CC(=O)C=C[C@]4(C)[C@@]3(F)C(O)C[C@]2(C)[C@]1(OC(=O)C(Cl)Cl)C(=O)OCF. The van der Waals surface area contributed by atoms with Gasteiger partial charge in [0.05, 0.1) is 6.10 Å². The zero-order valence-corrected chi connectivity index (χ0v) is 20.9. The van der Waals surface area contributed by atoms with Gasteiger partial charge < -0.3 is 14.6 Å². The van der Waals surface area contributed by atoms with Gasteiger partial charge in [-0.2, -0.15) is 0 Å². The molecule has 6 nitrogen and oxygen atoms in total. The molecule has 1 unspecified atom stereocenters. The summed E-state index contributed by atoms with van der Waals surface area (Å²) in [5, 5.41) is 11.3. The zero-order valence-electron chi connectivity index (χ0n) is 19.4. The Bertz CT molecular complexity index is 1020. The van der Waals surface area contributed by atoms with Crippen molar-refractivity contribution in [2.75, 3.05) is 6.86 Å². The maximum Gasteiger partial charge on any atom is 0.353 e. The van der Waals surface area contributed by atoms with Crippen molar-refractivity contribution in [1.82, 2.24) is 0 Å². The van der Waals surface area contributed by atoms with E-state index in [1.54, 1.807) is 6.92 Å². The molecule has 4 rings (SSSR count). The number of alkyl halides is 5. The summed E-state index contributed by atoms with van der Waals surface area (Å²) in [5.74, 6) is -5.59. The monoisotopic (exact) mass is 538 g/mol. The number of aliphatic hydroxyl groups is 1. The predicted molar refractivity (Wildman–Crippen MR) is 120 cm³/mol. The fraction of sp³-hybridized carbons (Fsp3) is 0.708. The van der Waals surface area contributed by atoms with Gasteiger partial charge in [0.2, 0.25) is 17.3 Å². The van der Waals surface area contributed by atoms with Crippen LogP contribution in [0.25, 0.3) is 0 Å². The van der Waals surface area contributed by atoms with Gasteiger partial charge in [0, 0.05) is 22.7 Å². The van der Waals surface area contributed by atoms with E-state index in [9.17, 15) is 23.9 Å². The fourth-order valence-corrected chi connectivity index (χ4v) is 7.67. The number of carbonyl (C=O) groups is 3. The van der Waals surface area contributed by atoms with Crippen molar-refractivity contribution in [2.45, 2.75) is 68.4 Å². The van der Waals surface area contributed by atoms with E-state index >= 15 is 8.78 Å². The van der Waals surface area contributed by atoms with Gasteiger partial charge in [0.15, 0.2) is 11.5 Å². The Morgan fingerprint density at radius 2 is 1.91 bits per heavy atom. The molecule has 0 aromatic heterocycles. The van der Waals surface area contributed by atoms with Crippen LogP contribution in [0.15, 0.2) is 23.8 Å². The minimum atomic E-state index is -2.39. The highest BCUT2D eigenvalue weighted by molar-refractivity contribution is 6.53. The lowest BCUT2D eigenvalue weighted by molar-refractivity contribution is -0.240. The number of ketones is 1. The Hall–Kier alpha value is -1.58. The molecule has 0 amide bonds. The van der Waals surface area contributed by atoms with Crippen LogP contribution in [-0.2, 0) is 23.9 Å². The summed E-state index contributed by atoms with van der Waals surface area (Å²) in [6.07, 6.45) is -0.568. The minimum absolute atomic E-state index is 0.0425. The van der Waals surface area contributed by atoms with Crippen molar-refractivity contribution in [1.29, 1.82) is 0 Å². The van der Waals surface area contributed by atoms with E-state index < -0.39 is 81.5 Å². The van der Waals surface area contributed by atoms with Crippen LogP contribution in [0.5, 0.6) is 0 Å². The van der Waals surface area contributed by atoms with Crippen LogP contribution in [-0.4, -0.2) is 58.1 Å². The third-order valence-corrected chi connectivity index (χ3v) is 9.45. The maximum atomic E-state index is 17.2. The lowest BCUT2D eigenvalue weighted by atomic mass is 9.44. The first-order chi connectivity index (χ1) is 16.2. The molecule has 3 fully saturated rings. The van der Waals surface area contributed by atoms with Crippen LogP contribution in [0.2, 0.25) is 0 Å². The largest absolute Gasteiger partial charge is 0.444 e. The normalized spacial score (nSPS) is 46.4. The van der Waals surface area contributed by atoms with E-state index in [0.29, 0.717) is 0 Å². The number of fused-ring (bicyclic) bond motifs is 5. The van der Waals surface area contributed by atoms with Crippen molar-refractivity contribution < 1.29 is 42.1 Å². The molecule has 0 aromatic rings. The lowest BCUT2D eigenvalue weighted by Gasteiger charge is -2.63. The number of rotatable bonds is 4. The van der Waals surface area contributed by atoms with E-state index in [1.165, 1.54) is 19.9 Å². The van der Waals surface area contributed by atoms with Crippen molar-refractivity contribution in [3.63, 3.8) is 0 Å². The molecule has 9 atom stereocenters. The van der Waals surface area contributed by atoms with Gasteiger partial charge in [0.25, 0.3) is 0 Å². The number of aliphatic hydroxyl groups excluding tert-OH is 1. The molecule has 0 bridgehead atoms. The average Bonchev–Trinajstić information content (AvgIpc) is 2.99. The first kappa shape index (κ1) is 26.5. The molecular formula is C24H27Cl2F3O6. The van der Waals surface area contributed by atoms with Crippen LogP contribution >= 0.6 is 23.2 Å². The quantitative estimate of drug-likeness (QED) is 0.428. The van der Waals surface area contributed by atoms with Crippen molar-refractivity contribution in [2.24, 2.45) is 28.6 Å². The Morgan fingerprint density at radius 1 is 1.26 bits per heavy atom. The van der Waals surface area contributed by atoms with Crippen molar-refractivity contribution in [3.8, 4) is 0 Å². The molecule has 0 heterocycles.